The molecule has 1 aliphatic heterocycles. The van der Waals surface area contributed by atoms with E-state index in [0.717, 1.165) is 18.2 Å². The van der Waals surface area contributed by atoms with Crippen LogP contribution in [0.5, 0.6) is 0 Å². The molecule has 2 aliphatic rings. The van der Waals surface area contributed by atoms with E-state index >= 15 is 0 Å². The number of nitrogens with one attached hydrogen (secondary N) is 1. The summed E-state index contributed by atoms with van der Waals surface area (Å²) in [6.07, 6.45) is -6.34. The fraction of sp³-hybridized carbons (Fsp3) is 0.536. The Morgan fingerprint density at radius 3 is 2.17 bits per heavy atom. The smallest absolute Gasteiger partial charge is 0.398 e. The summed E-state index contributed by atoms with van der Waals surface area (Å²) in [5.74, 6) is -0.145. The highest BCUT2D eigenvalue weighted by Crippen LogP contribution is 2.36. The molecule has 1 amide bonds. The molecule has 1 heterocycles. The van der Waals surface area contributed by atoms with Crippen LogP contribution in [0.4, 0.5) is 43.4 Å². The molecule has 0 spiro atoms. The standard InChI is InChI=1S/C28H34F6N4O2/c1-17-15-38(18(2)14-37(17)22-8-3-19(4-9-22)27(29,30)31)26(39)16-40-23-10-5-20(6-11-23)36-21-7-12-25(35)24(13-21)28(32,33)34/h3-4,7-9,12-13,17-18,20,23,36H,5-6,10-11,14-16,35H2,1-2H3. The lowest BCUT2D eigenvalue weighted by Gasteiger charge is -2.45. The van der Waals surface area contributed by atoms with Crippen LogP contribution in [0, 0.1) is 0 Å². The number of nitrogens with two attached hydrogens (primary N) is 1. The second-order valence-corrected chi connectivity index (χ2v) is 10.7. The van der Waals surface area contributed by atoms with Gasteiger partial charge in [0.1, 0.15) is 6.61 Å². The zero-order chi connectivity index (χ0) is 29.2. The van der Waals surface area contributed by atoms with E-state index in [1.165, 1.54) is 24.3 Å². The number of benzene rings is 2. The Hall–Kier alpha value is -3.15. The van der Waals surface area contributed by atoms with E-state index in [4.69, 9.17) is 10.5 Å². The lowest BCUT2D eigenvalue weighted by Crippen LogP contribution is -2.59. The molecule has 40 heavy (non-hydrogen) atoms. The van der Waals surface area contributed by atoms with Crippen molar-refractivity contribution < 1.29 is 35.9 Å². The van der Waals surface area contributed by atoms with E-state index in [9.17, 15) is 31.1 Å². The maximum absolute atomic E-state index is 13.1. The molecule has 0 bridgehead atoms. The number of alkyl halides is 6. The molecule has 1 saturated carbocycles. The number of nitrogens with zero attached hydrogens (tertiary/aromatic N) is 2. The largest absolute Gasteiger partial charge is 0.418 e. The predicted molar refractivity (Wildman–Crippen MR) is 141 cm³/mol. The first-order valence-electron chi connectivity index (χ1n) is 13.3. The average Bonchev–Trinajstić information content (AvgIpc) is 2.89. The maximum Gasteiger partial charge on any atom is 0.418 e. The van der Waals surface area contributed by atoms with Gasteiger partial charge >= 0.3 is 12.4 Å². The maximum atomic E-state index is 13.1. The fourth-order valence-corrected chi connectivity index (χ4v) is 5.45. The first-order chi connectivity index (χ1) is 18.7. The highest BCUT2D eigenvalue weighted by atomic mass is 19.4. The minimum Gasteiger partial charge on any atom is -0.398 e. The van der Waals surface area contributed by atoms with Crippen LogP contribution in [0.3, 0.4) is 0 Å². The fourth-order valence-electron chi connectivity index (χ4n) is 5.45. The Labute approximate surface area is 229 Å². The summed E-state index contributed by atoms with van der Waals surface area (Å²) >= 11 is 0. The van der Waals surface area contributed by atoms with Crippen molar-refractivity contribution in [2.24, 2.45) is 0 Å². The van der Waals surface area contributed by atoms with E-state index < -0.39 is 23.5 Å². The third-order valence-electron chi connectivity index (χ3n) is 7.68. The highest BCUT2D eigenvalue weighted by molar-refractivity contribution is 5.78. The molecule has 6 nitrogen and oxygen atoms in total. The molecule has 2 atom stereocenters. The van der Waals surface area contributed by atoms with E-state index in [1.54, 1.807) is 4.90 Å². The van der Waals surface area contributed by atoms with Crippen LogP contribution in [0.1, 0.15) is 50.7 Å². The van der Waals surface area contributed by atoms with Gasteiger partial charge in [0.05, 0.1) is 17.2 Å². The molecule has 2 aromatic rings. The van der Waals surface area contributed by atoms with Crippen molar-refractivity contribution in [2.45, 2.75) is 76.1 Å². The van der Waals surface area contributed by atoms with Crippen molar-refractivity contribution in [3.8, 4) is 0 Å². The summed E-state index contributed by atoms with van der Waals surface area (Å²) in [5.41, 5.74) is 4.63. The van der Waals surface area contributed by atoms with Crippen molar-refractivity contribution in [2.75, 3.05) is 35.6 Å². The number of anilines is 3. The summed E-state index contributed by atoms with van der Waals surface area (Å²) in [5, 5.41) is 3.15. The predicted octanol–water partition coefficient (Wildman–Crippen LogP) is 6.17. The van der Waals surface area contributed by atoms with E-state index in [0.29, 0.717) is 50.1 Å². The molecule has 2 aromatic carbocycles. The van der Waals surface area contributed by atoms with Crippen LogP contribution in [-0.2, 0) is 21.9 Å². The number of piperazine rings is 1. The SMILES string of the molecule is CC1CN(c2ccc(C(F)(F)F)cc2)C(C)CN1C(=O)COC1CCC(Nc2ccc(N)c(C(F)(F)F)c2)CC1. The molecule has 0 radical (unpaired) electrons. The summed E-state index contributed by atoms with van der Waals surface area (Å²) in [6.45, 7) is 4.66. The van der Waals surface area contributed by atoms with Gasteiger partial charge in [-0.3, -0.25) is 4.79 Å². The van der Waals surface area contributed by atoms with Gasteiger partial charge in [-0.05, 0) is 82.0 Å². The van der Waals surface area contributed by atoms with Crippen molar-refractivity contribution >= 4 is 23.0 Å². The molecule has 3 N–H and O–H groups in total. The van der Waals surface area contributed by atoms with Crippen LogP contribution in [0.2, 0.25) is 0 Å². The third kappa shape index (κ3) is 7.13. The minimum absolute atomic E-state index is 0.0144. The van der Waals surface area contributed by atoms with E-state index in [2.05, 4.69) is 5.32 Å². The molecule has 2 fully saturated rings. The molecular formula is C28H34F6N4O2. The first-order valence-corrected chi connectivity index (χ1v) is 13.3. The molecule has 1 saturated heterocycles. The second-order valence-electron chi connectivity index (χ2n) is 10.7. The Kier molecular flexibility index (Phi) is 8.77. The highest BCUT2D eigenvalue weighted by Gasteiger charge is 2.35. The van der Waals surface area contributed by atoms with Crippen molar-refractivity contribution in [3.05, 3.63) is 53.6 Å². The molecule has 4 rings (SSSR count). The molecular weight excluding hydrogens is 538 g/mol. The zero-order valence-corrected chi connectivity index (χ0v) is 22.4. The van der Waals surface area contributed by atoms with Crippen LogP contribution in [0.25, 0.3) is 0 Å². The number of halogens is 6. The van der Waals surface area contributed by atoms with Crippen LogP contribution < -0.4 is 16.0 Å². The van der Waals surface area contributed by atoms with Gasteiger partial charge < -0.3 is 25.6 Å². The van der Waals surface area contributed by atoms with Crippen LogP contribution in [0.15, 0.2) is 42.5 Å². The van der Waals surface area contributed by atoms with Gasteiger partial charge in [0.15, 0.2) is 0 Å². The van der Waals surface area contributed by atoms with E-state index in [1.807, 2.05) is 18.7 Å². The lowest BCUT2D eigenvalue weighted by atomic mass is 9.92. The van der Waals surface area contributed by atoms with Gasteiger partial charge in [0.25, 0.3) is 0 Å². The number of hydrogen-bond acceptors (Lipinski definition) is 5. The Morgan fingerprint density at radius 2 is 1.57 bits per heavy atom. The minimum atomic E-state index is -4.52. The van der Waals surface area contributed by atoms with Gasteiger partial charge in [-0.2, -0.15) is 26.3 Å². The number of carbonyl (C=O) groups excluding carboxylic acids is 1. The van der Waals surface area contributed by atoms with Gasteiger partial charge in [0, 0.05) is 48.3 Å². The van der Waals surface area contributed by atoms with Gasteiger partial charge in [-0.25, -0.2) is 0 Å². The van der Waals surface area contributed by atoms with Crippen LogP contribution in [-0.4, -0.2) is 54.7 Å². The second kappa shape index (κ2) is 11.8. The zero-order valence-electron chi connectivity index (χ0n) is 22.4. The molecule has 0 aromatic heterocycles. The van der Waals surface area contributed by atoms with Gasteiger partial charge in [-0.1, -0.05) is 0 Å². The number of carbonyl (C=O) groups is 1. The number of amides is 1. The van der Waals surface area contributed by atoms with Gasteiger partial charge in [0.2, 0.25) is 5.91 Å². The number of ether oxygens (including phenoxy) is 1. The van der Waals surface area contributed by atoms with Crippen molar-refractivity contribution in [1.82, 2.24) is 4.90 Å². The molecule has 12 heteroatoms. The summed E-state index contributed by atoms with van der Waals surface area (Å²) in [6, 6.07) is 8.59. The quantitative estimate of drug-likeness (QED) is 0.320. The average molecular weight is 573 g/mol. The Balaban J connectivity index is 1.23. The molecule has 220 valence electrons. The molecule has 1 aliphatic carbocycles. The van der Waals surface area contributed by atoms with Gasteiger partial charge in [-0.15, -0.1) is 0 Å². The Bertz CT molecular complexity index is 1160. The number of nitrogen functional groups attached to an aromatic ring is 1. The number of hydrogen-bond donors (Lipinski definition) is 2. The third-order valence-corrected chi connectivity index (χ3v) is 7.68. The monoisotopic (exact) mass is 572 g/mol. The summed E-state index contributed by atoms with van der Waals surface area (Å²) in [4.78, 5) is 16.7. The molecule has 2 unspecified atom stereocenters. The number of rotatable bonds is 6. The topological polar surface area (TPSA) is 70.8 Å². The Morgan fingerprint density at radius 1 is 0.925 bits per heavy atom. The van der Waals surface area contributed by atoms with Crippen molar-refractivity contribution in [1.29, 1.82) is 0 Å². The summed E-state index contributed by atoms with van der Waals surface area (Å²) in [7, 11) is 0. The lowest BCUT2D eigenvalue weighted by molar-refractivity contribution is -0.142. The van der Waals surface area contributed by atoms with Crippen LogP contribution >= 0.6 is 0 Å². The van der Waals surface area contributed by atoms with Crippen molar-refractivity contribution in [3.63, 3.8) is 0 Å². The normalized spacial score (nSPS) is 24.2. The summed E-state index contributed by atoms with van der Waals surface area (Å²) < 4.78 is 84.1. The first kappa shape index (κ1) is 29.8. The van der Waals surface area contributed by atoms with E-state index in [-0.39, 0.29) is 42.4 Å².